The summed E-state index contributed by atoms with van der Waals surface area (Å²) in [5, 5.41) is 0. The summed E-state index contributed by atoms with van der Waals surface area (Å²) in [5.74, 6) is 1.42. The summed E-state index contributed by atoms with van der Waals surface area (Å²) in [6, 6.07) is 8.39. The summed E-state index contributed by atoms with van der Waals surface area (Å²) in [5.41, 5.74) is 10.5. The zero-order valence-corrected chi connectivity index (χ0v) is 11.2. The Morgan fingerprint density at radius 2 is 1.94 bits per heavy atom. The molecular weight excluding hydrogens is 222 g/mol. The maximum absolute atomic E-state index is 5.97. The van der Waals surface area contributed by atoms with Gasteiger partial charge in [0.15, 0.2) is 0 Å². The van der Waals surface area contributed by atoms with Crippen LogP contribution in [0.2, 0.25) is 0 Å². The van der Waals surface area contributed by atoms with Gasteiger partial charge >= 0.3 is 0 Å². The van der Waals surface area contributed by atoms with Crippen molar-refractivity contribution < 1.29 is 0 Å². The summed E-state index contributed by atoms with van der Waals surface area (Å²) in [4.78, 5) is 8.94. The number of nitrogens with zero attached hydrogens (tertiary/aromatic N) is 2. The number of nitrogens with two attached hydrogens (primary N) is 1. The fraction of sp³-hybridized carbons (Fsp3) is 0.333. The van der Waals surface area contributed by atoms with Gasteiger partial charge in [0.1, 0.15) is 11.6 Å². The molecule has 0 atom stereocenters. The van der Waals surface area contributed by atoms with Crippen molar-refractivity contribution in [2.24, 2.45) is 0 Å². The Morgan fingerprint density at radius 3 is 2.56 bits per heavy atom. The number of anilines is 1. The average molecular weight is 241 g/mol. The van der Waals surface area contributed by atoms with Crippen molar-refractivity contribution in [1.29, 1.82) is 0 Å². The average Bonchev–Trinajstić information content (AvgIpc) is 2.28. The molecule has 0 aliphatic heterocycles. The predicted octanol–water partition coefficient (Wildman–Crippen LogP) is 2.83. The molecule has 94 valence electrons. The Labute approximate surface area is 108 Å². The summed E-state index contributed by atoms with van der Waals surface area (Å²) in [7, 11) is 0. The molecule has 0 spiro atoms. The highest BCUT2D eigenvalue weighted by Crippen LogP contribution is 2.15. The molecule has 0 radical (unpaired) electrons. The predicted molar refractivity (Wildman–Crippen MR) is 74.5 cm³/mol. The highest BCUT2D eigenvalue weighted by Gasteiger charge is 2.08. The van der Waals surface area contributed by atoms with E-state index in [0.717, 1.165) is 29.9 Å². The first-order valence-corrected chi connectivity index (χ1v) is 6.27. The fourth-order valence-electron chi connectivity index (χ4n) is 2.20. The Morgan fingerprint density at radius 1 is 1.17 bits per heavy atom. The molecule has 1 aromatic carbocycles. The minimum atomic E-state index is 0.618. The Hall–Kier alpha value is -1.90. The second-order valence-electron chi connectivity index (χ2n) is 4.61. The van der Waals surface area contributed by atoms with Gasteiger partial charge in [0.25, 0.3) is 0 Å². The smallest absolute Gasteiger partial charge is 0.135 e. The molecule has 0 bridgehead atoms. The van der Waals surface area contributed by atoms with E-state index in [2.05, 4.69) is 48.1 Å². The topological polar surface area (TPSA) is 51.8 Å². The van der Waals surface area contributed by atoms with Crippen LogP contribution in [0.1, 0.15) is 35.1 Å². The number of nitrogen functional groups attached to an aromatic ring is 1. The number of aryl methyl sites for hydroxylation is 2. The van der Waals surface area contributed by atoms with E-state index in [-0.39, 0.29) is 0 Å². The third-order valence-electron chi connectivity index (χ3n) is 3.09. The number of hydrogen-bond donors (Lipinski definition) is 1. The van der Waals surface area contributed by atoms with E-state index >= 15 is 0 Å². The van der Waals surface area contributed by atoms with Crippen LogP contribution in [-0.4, -0.2) is 9.97 Å². The van der Waals surface area contributed by atoms with Crippen molar-refractivity contribution in [3.8, 4) is 0 Å². The van der Waals surface area contributed by atoms with Gasteiger partial charge < -0.3 is 5.73 Å². The molecule has 3 heteroatoms. The maximum Gasteiger partial charge on any atom is 0.135 e. The molecule has 3 nitrogen and oxygen atoms in total. The highest BCUT2D eigenvalue weighted by atomic mass is 14.9. The molecule has 0 amide bonds. The summed E-state index contributed by atoms with van der Waals surface area (Å²) >= 11 is 0. The monoisotopic (exact) mass is 241 g/mol. The minimum absolute atomic E-state index is 0.618. The summed E-state index contributed by atoms with van der Waals surface area (Å²) in [6.45, 7) is 6.16. The molecule has 2 N–H and O–H groups in total. The van der Waals surface area contributed by atoms with E-state index in [1.165, 1.54) is 11.1 Å². The van der Waals surface area contributed by atoms with Crippen LogP contribution in [-0.2, 0) is 12.8 Å². The van der Waals surface area contributed by atoms with Crippen molar-refractivity contribution >= 4 is 5.82 Å². The van der Waals surface area contributed by atoms with Crippen LogP contribution in [0.4, 0.5) is 5.82 Å². The number of hydrogen-bond acceptors (Lipinski definition) is 3. The van der Waals surface area contributed by atoms with E-state index in [4.69, 9.17) is 5.73 Å². The van der Waals surface area contributed by atoms with Crippen molar-refractivity contribution in [2.75, 3.05) is 5.73 Å². The van der Waals surface area contributed by atoms with E-state index in [1.54, 1.807) is 0 Å². The summed E-state index contributed by atoms with van der Waals surface area (Å²) < 4.78 is 0. The molecule has 18 heavy (non-hydrogen) atoms. The van der Waals surface area contributed by atoms with Gasteiger partial charge in [0.2, 0.25) is 0 Å². The standard InChI is InChI=1S/C15H19N3/c1-4-13-11(3)17-14(18-15(13)16)9-12-7-5-6-10(2)8-12/h5-8H,4,9H2,1-3H3,(H2,16,17,18). The molecule has 0 fully saturated rings. The minimum Gasteiger partial charge on any atom is -0.383 e. The van der Waals surface area contributed by atoms with Gasteiger partial charge in [-0.15, -0.1) is 0 Å². The lowest BCUT2D eigenvalue weighted by Gasteiger charge is -2.09. The molecule has 1 heterocycles. The largest absolute Gasteiger partial charge is 0.383 e. The van der Waals surface area contributed by atoms with Crippen LogP contribution in [0.25, 0.3) is 0 Å². The Bertz CT molecular complexity index is 538. The van der Waals surface area contributed by atoms with Crippen LogP contribution < -0.4 is 5.73 Å². The second kappa shape index (κ2) is 5.17. The van der Waals surface area contributed by atoms with E-state index < -0.39 is 0 Å². The molecule has 2 rings (SSSR count). The number of aromatic nitrogens is 2. The normalized spacial score (nSPS) is 10.6. The third kappa shape index (κ3) is 2.67. The van der Waals surface area contributed by atoms with Gasteiger partial charge in [-0.2, -0.15) is 0 Å². The summed E-state index contributed by atoms with van der Waals surface area (Å²) in [6.07, 6.45) is 1.61. The van der Waals surface area contributed by atoms with E-state index in [0.29, 0.717) is 5.82 Å². The van der Waals surface area contributed by atoms with Gasteiger partial charge in [0.05, 0.1) is 0 Å². The van der Waals surface area contributed by atoms with E-state index in [1.807, 2.05) is 6.92 Å². The van der Waals surface area contributed by atoms with Crippen LogP contribution >= 0.6 is 0 Å². The third-order valence-corrected chi connectivity index (χ3v) is 3.09. The van der Waals surface area contributed by atoms with Gasteiger partial charge in [-0.05, 0) is 25.8 Å². The molecular formula is C15H19N3. The van der Waals surface area contributed by atoms with Crippen molar-refractivity contribution in [3.05, 3.63) is 52.5 Å². The van der Waals surface area contributed by atoms with E-state index in [9.17, 15) is 0 Å². The molecule has 0 aliphatic rings. The fourth-order valence-corrected chi connectivity index (χ4v) is 2.20. The van der Waals surface area contributed by atoms with Gasteiger partial charge in [-0.3, -0.25) is 0 Å². The quantitative estimate of drug-likeness (QED) is 0.899. The van der Waals surface area contributed by atoms with Crippen molar-refractivity contribution in [1.82, 2.24) is 9.97 Å². The zero-order valence-electron chi connectivity index (χ0n) is 11.2. The van der Waals surface area contributed by atoms with Crippen LogP contribution in [0.3, 0.4) is 0 Å². The number of rotatable bonds is 3. The SMILES string of the molecule is CCc1c(C)nc(Cc2cccc(C)c2)nc1N. The van der Waals surface area contributed by atoms with Crippen molar-refractivity contribution in [3.63, 3.8) is 0 Å². The maximum atomic E-state index is 5.97. The van der Waals surface area contributed by atoms with Gasteiger partial charge in [0, 0.05) is 17.7 Å². The Kier molecular flexibility index (Phi) is 3.60. The van der Waals surface area contributed by atoms with Gasteiger partial charge in [-0.1, -0.05) is 36.8 Å². The number of benzene rings is 1. The molecule has 1 aromatic heterocycles. The first-order valence-electron chi connectivity index (χ1n) is 6.27. The second-order valence-corrected chi connectivity index (χ2v) is 4.61. The lowest BCUT2D eigenvalue weighted by atomic mass is 10.1. The molecule has 0 saturated heterocycles. The molecule has 2 aromatic rings. The highest BCUT2D eigenvalue weighted by molar-refractivity contribution is 5.42. The van der Waals surface area contributed by atoms with Gasteiger partial charge in [-0.25, -0.2) is 9.97 Å². The Balaban J connectivity index is 2.30. The van der Waals surface area contributed by atoms with Crippen LogP contribution in [0.15, 0.2) is 24.3 Å². The molecule has 0 saturated carbocycles. The molecule has 0 unspecified atom stereocenters. The molecule has 0 aliphatic carbocycles. The lowest BCUT2D eigenvalue weighted by Crippen LogP contribution is -2.07. The van der Waals surface area contributed by atoms with Crippen LogP contribution in [0, 0.1) is 13.8 Å². The van der Waals surface area contributed by atoms with Crippen LogP contribution in [0.5, 0.6) is 0 Å². The first-order chi connectivity index (χ1) is 8.60. The first kappa shape index (κ1) is 12.6. The zero-order chi connectivity index (χ0) is 13.1. The van der Waals surface area contributed by atoms with Crippen molar-refractivity contribution in [2.45, 2.75) is 33.6 Å². The lowest BCUT2D eigenvalue weighted by molar-refractivity contribution is 0.912.